The number of rotatable bonds is 2. The first-order valence-electron chi connectivity index (χ1n) is 15.3. The second kappa shape index (κ2) is 8.95. The summed E-state index contributed by atoms with van der Waals surface area (Å²) in [5.41, 5.74) is 8.27. The first-order chi connectivity index (χ1) is 21.8. The van der Waals surface area contributed by atoms with E-state index in [4.69, 9.17) is 9.15 Å². The molecule has 0 radical (unpaired) electrons. The highest BCUT2D eigenvalue weighted by Crippen LogP contribution is 2.54. The Labute approximate surface area is 254 Å². The molecule has 1 aliphatic carbocycles. The Kier molecular flexibility index (Phi) is 4.86. The van der Waals surface area contributed by atoms with Gasteiger partial charge in [0.1, 0.15) is 11.3 Å². The summed E-state index contributed by atoms with van der Waals surface area (Å²) in [5, 5.41) is 8.69. The topological polar surface area (TPSA) is 22.4 Å². The zero-order chi connectivity index (χ0) is 28.8. The highest BCUT2D eigenvalue weighted by Gasteiger charge is 2.40. The van der Waals surface area contributed by atoms with Crippen LogP contribution >= 0.6 is 0 Å². The van der Waals surface area contributed by atoms with Gasteiger partial charge in [-0.15, -0.1) is 0 Å². The lowest BCUT2D eigenvalue weighted by Gasteiger charge is -2.20. The standard InChI is InChI=1S/C42H26O2/c1-2-12-27-25(10-1)11-9-18-29(27)40-32-16-5-3-14-30(32)39(31-15-4-6-17-33(31)40)26-20-23-38-36(24-26)35-22-21-34-28-13-7-8-19-37(28)43-41(34)42(35)44-38/h1-24,35,42H. The van der Waals surface area contributed by atoms with E-state index in [-0.39, 0.29) is 12.0 Å². The lowest BCUT2D eigenvalue weighted by atomic mass is 9.83. The summed E-state index contributed by atoms with van der Waals surface area (Å²) in [6.45, 7) is 0. The van der Waals surface area contributed by atoms with Crippen LogP contribution in [0, 0.1) is 0 Å². The average Bonchev–Trinajstić information content (AvgIpc) is 3.65. The molecule has 206 valence electrons. The molecule has 2 atom stereocenters. The summed E-state index contributed by atoms with van der Waals surface area (Å²) < 4.78 is 13.0. The summed E-state index contributed by atoms with van der Waals surface area (Å²) in [6.07, 6.45) is 4.36. The third-order valence-electron chi connectivity index (χ3n) is 9.62. The van der Waals surface area contributed by atoms with Crippen molar-refractivity contribution in [2.75, 3.05) is 0 Å². The van der Waals surface area contributed by atoms with Crippen LogP contribution in [-0.4, -0.2) is 0 Å². The van der Waals surface area contributed by atoms with Crippen molar-refractivity contribution in [3.05, 3.63) is 156 Å². The number of hydrogen-bond donors (Lipinski definition) is 0. The molecule has 0 saturated heterocycles. The Hall–Kier alpha value is -5.60. The van der Waals surface area contributed by atoms with E-state index >= 15 is 0 Å². The molecular weight excluding hydrogens is 536 g/mol. The SMILES string of the molecule is C1=CC2c3cc(-c4c5ccccc5c(-c5cccc6ccccc56)c5ccccc45)ccc3OC2c2oc3ccccc3c21. The molecule has 0 N–H and O–H groups in total. The van der Waals surface area contributed by atoms with Gasteiger partial charge in [-0.1, -0.05) is 127 Å². The van der Waals surface area contributed by atoms with Gasteiger partial charge in [-0.2, -0.15) is 0 Å². The highest BCUT2D eigenvalue weighted by molar-refractivity contribution is 6.23. The fourth-order valence-corrected chi connectivity index (χ4v) is 7.71. The fourth-order valence-electron chi connectivity index (χ4n) is 7.71. The van der Waals surface area contributed by atoms with E-state index < -0.39 is 0 Å². The minimum absolute atomic E-state index is 0.102. The Morgan fingerprint density at radius 2 is 1.16 bits per heavy atom. The van der Waals surface area contributed by atoms with Crippen LogP contribution in [0.3, 0.4) is 0 Å². The fraction of sp³-hybridized carbons (Fsp3) is 0.0476. The van der Waals surface area contributed by atoms with Crippen LogP contribution in [0.15, 0.2) is 144 Å². The summed E-state index contributed by atoms with van der Waals surface area (Å²) in [7, 11) is 0. The predicted molar refractivity (Wildman–Crippen MR) is 181 cm³/mol. The number of hydrogen-bond acceptors (Lipinski definition) is 2. The van der Waals surface area contributed by atoms with Crippen molar-refractivity contribution in [1.82, 2.24) is 0 Å². The molecule has 0 amide bonds. The first kappa shape index (κ1) is 23.9. The van der Waals surface area contributed by atoms with E-state index in [9.17, 15) is 0 Å². The van der Waals surface area contributed by atoms with E-state index in [0.717, 1.165) is 28.0 Å². The number of ether oxygens (including phenoxy) is 1. The van der Waals surface area contributed by atoms with Crippen LogP contribution < -0.4 is 4.74 Å². The smallest absolute Gasteiger partial charge is 0.167 e. The van der Waals surface area contributed by atoms with E-state index in [1.54, 1.807) is 0 Å². The maximum atomic E-state index is 6.61. The Morgan fingerprint density at radius 1 is 0.523 bits per heavy atom. The largest absolute Gasteiger partial charge is 0.481 e. The van der Waals surface area contributed by atoms with Crippen molar-refractivity contribution in [1.29, 1.82) is 0 Å². The van der Waals surface area contributed by atoms with Gasteiger partial charge < -0.3 is 9.15 Å². The van der Waals surface area contributed by atoms with Gasteiger partial charge in [0.05, 0.1) is 5.92 Å². The van der Waals surface area contributed by atoms with Crippen LogP contribution in [-0.2, 0) is 0 Å². The molecular formula is C42H26O2. The summed E-state index contributed by atoms with van der Waals surface area (Å²) >= 11 is 0. The molecule has 8 aromatic rings. The molecule has 1 aliphatic heterocycles. The lowest BCUT2D eigenvalue weighted by molar-refractivity contribution is 0.193. The molecule has 2 heteroatoms. The van der Waals surface area contributed by atoms with Crippen LogP contribution in [0.5, 0.6) is 5.75 Å². The van der Waals surface area contributed by atoms with E-state index in [2.05, 4.69) is 133 Å². The van der Waals surface area contributed by atoms with E-state index in [1.807, 2.05) is 12.1 Å². The third-order valence-corrected chi connectivity index (χ3v) is 9.62. The first-order valence-corrected chi connectivity index (χ1v) is 15.3. The second-order valence-electron chi connectivity index (χ2n) is 11.9. The molecule has 10 rings (SSSR count). The summed E-state index contributed by atoms with van der Waals surface area (Å²) in [5.74, 6) is 1.96. The molecule has 0 bridgehead atoms. The minimum Gasteiger partial charge on any atom is -0.481 e. The zero-order valence-corrected chi connectivity index (χ0v) is 23.8. The summed E-state index contributed by atoms with van der Waals surface area (Å²) in [4.78, 5) is 0. The maximum absolute atomic E-state index is 6.61. The van der Waals surface area contributed by atoms with Crippen molar-refractivity contribution in [2.45, 2.75) is 12.0 Å². The molecule has 1 aromatic heterocycles. The van der Waals surface area contributed by atoms with Crippen LogP contribution in [0.25, 0.3) is 71.6 Å². The third kappa shape index (κ3) is 3.25. The van der Waals surface area contributed by atoms with Crippen molar-refractivity contribution in [3.63, 3.8) is 0 Å². The number of fused-ring (bicyclic) bond motifs is 10. The van der Waals surface area contributed by atoms with Gasteiger partial charge in [0.2, 0.25) is 0 Å². The molecule has 2 unspecified atom stereocenters. The van der Waals surface area contributed by atoms with Crippen molar-refractivity contribution in [3.8, 4) is 28.0 Å². The molecule has 0 saturated carbocycles. The van der Waals surface area contributed by atoms with Gasteiger partial charge >= 0.3 is 0 Å². The van der Waals surface area contributed by atoms with Crippen LogP contribution in [0.4, 0.5) is 0 Å². The van der Waals surface area contributed by atoms with Crippen LogP contribution in [0.1, 0.15) is 28.9 Å². The quantitative estimate of drug-likeness (QED) is 0.196. The minimum atomic E-state index is -0.158. The van der Waals surface area contributed by atoms with Gasteiger partial charge in [-0.3, -0.25) is 0 Å². The molecule has 2 heterocycles. The number of para-hydroxylation sites is 1. The van der Waals surface area contributed by atoms with Crippen molar-refractivity contribution >= 4 is 49.4 Å². The van der Waals surface area contributed by atoms with Gasteiger partial charge in [0.25, 0.3) is 0 Å². The van der Waals surface area contributed by atoms with Gasteiger partial charge in [-0.05, 0) is 72.8 Å². The molecule has 7 aromatic carbocycles. The Bertz CT molecular complexity index is 2430. The van der Waals surface area contributed by atoms with Crippen molar-refractivity contribution in [2.24, 2.45) is 0 Å². The summed E-state index contributed by atoms with van der Waals surface area (Å²) in [6, 6.07) is 48.1. The lowest BCUT2D eigenvalue weighted by Crippen LogP contribution is -2.11. The second-order valence-corrected chi connectivity index (χ2v) is 11.9. The van der Waals surface area contributed by atoms with E-state index in [0.29, 0.717) is 0 Å². The van der Waals surface area contributed by atoms with Gasteiger partial charge in [0.15, 0.2) is 11.9 Å². The molecule has 0 fully saturated rings. The Balaban J connectivity index is 1.20. The monoisotopic (exact) mass is 562 g/mol. The van der Waals surface area contributed by atoms with Gasteiger partial charge in [0, 0.05) is 16.5 Å². The van der Waals surface area contributed by atoms with E-state index in [1.165, 1.54) is 60.1 Å². The molecule has 44 heavy (non-hydrogen) atoms. The van der Waals surface area contributed by atoms with Crippen LogP contribution in [0.2, 0.25) is 0 Å². The number of benzene rings is 7. The normalized spacial score (nSPS) is 16.7. The molecule has 0 spiro atoms. The maximum Gasteiger partial charge on any atom is 0.167 e. The molecule has 2 nitrogen and oxygen atoms in total. The number of furan rings is 1. The average molecular weight is 563 g/mol. The highest BCUT2D eigenvalue weighted by atomic mass is 16.5. The zero-order valence-electron chi connectivity index (χ0n) is 23.8. The Morgan fingerprint density at radius 3 is 1.93 bits per heavy atom. The predicted octanol–water partition coefficient (Wildman–Crippen LogP) is 11.5. The van der Waals surface area contributed by atoms with Crippen molar-refractivity contribution < 1.29 is 9.15 Å². The van der Waals surface area contributed by atoms with Gasteiger partial charge in [-0.25, -0.2) is 0 Å². The molecule has 2 aliphatic rings.